The zero-order valence-electron chi connectivity index (χ0n) is 8.19. The molecule has 0 aromatic heterocycles. The molecule has 0 saturated carbocycles. The van der Waals surface area contributed by atoms with Gasteiger partial charge in [0.15, 0.2) is 0 Å². The van der Waals surface area contributed by atoms with Gasteiger partial charge < -0.3 is 9.84 Å². The molecule has 0 bridgehead atoms. The summed E-state index contributed by atoms with van der Waals surface area (Å²) in [6, 6.07) is 3.69. The molecule has 1 aromatic rings. The Morgan fingerprint density at radius 3 is 2.44 bits per heavy atom. The normalized spacial score (nSPS) is 9.62. The number of ether oxygens (including phenoxy) is 1. The lowest BCUT2D eigenvalue weighted by Crippen LogP contribution is -2.18. The Balaban J connectivity index is 3.10. The number of Topliss-reactive ketones (excluding diaryl/α,β-unsaturated/α-hetero) is 1. The first-order valence-electron chi connectivity index (χ1n) is 4.17. The number of hydrogen-bond acceptors (Lipinski definition) is 4. The predicted octanol–water partition coefficient (Wildman–Crippen LogP) is 1.53. The van der Waals surface area contributed by atoms with Gasteiger partial charge in [0.2, 0.25) is 5.78 Å². The zero-order chi connectivity index (χ0) is 12.3. The SMILES string of the molecule is CC(=O)C(=O)Oc1cc(Cl)ccc1C(=O)O. The summed E-state index contributed by atoms with van der Waals surface area (Å²) in [6.07, 6.45) is 0. The molecule has 0 aliphatic carbocycles. The van der Waals surface area contributed by atoms with E-state index in [4.69, 9.17) is 16.7 Å². The predicted molar refractivity (Wildman–Crippen MR) is 54.7 cm³/mol. The minimum absolute atomic E-state index is 0.205. The van der Waals surface area contributed by atoms with Crippen molar-refractivity contribution in [3.8, 4) is 5.75 Å². The maximum atomic E-state index is 11.0. The fourth-order valence-electron chi connectivity index (χ4n) is 0.929. The van der Waals surface area contributed by atoms with Crippen molar-refractivity contribution in [2.24, 2.45) is 0 Å². The Labute approximate surface area is 95.6 Å². The minimum atomic E-state index is -1.27. The van der Waals surface area contributed by atoms with E-state index in [2.05, 4.69) is 4.74 Å². The standard InChI is InChI=1S/C10H7ClO5/c1-5(12)10(15)16-8-4-6(11)2-3-7(8)9(13)14/h2-4H,1H3,(H,13,14). The summed E-state index contributed by atoms with van der Waals surface area (Å²) in [5.41, 5.74) is -0.237. The maximum absolute atomic E-state index is 11.0. The van der Waals surface area contributed by atoms with Crippen LogP contribution in [-0.4, -0.2) is 22.8 Å². The van der Waals surface area contributed by atoms with E-state index in [1.54, 1.807) is 0 Å². The van der Waals surface area contributed by atoms with Gasteiger partial charge in [-0.3, -0.25) is 4.79 Å². The molecule has 1 rings (SSSR count). The highest BCUT2D eigenvalue weighted by Gasteiger charge is 2.17. The highest BCUT2D eigenvalue weighted by Crippen LogP contribution is 2.23. The number of halogens is 1. The van der Waals surface area contributed by atoms with Crippen LogP contribution in [0.15, 0.2) is 18.2 Å². The molecular weight excluding hydrogens is 236 g/mol. The number of benzene rings is 1. The van der Waals surface area contributed by atoms with E-state index in [1.165, 1.54) is 12.1 Å². The minimum Gasteiger partial charge on any atom is -0.478 e. The first-order chi connectivity index (χ1) is 7.41. The number of aromatic carboxylic acids is 1. The van der Waals surface area contributed by atoms with Gasteiger partial charge in [0, 0.05) is 18.0 Å². The van der Waals surface area contributed by atoms with Gasteiger partial charge in [-0.2, -0.15) is 0 Å². The van der Waals surface area contributed by atoms with Crippen LogP contribution in [0.25, 0.3) is 0 Å². The van der Waals surface area contributed by atoms with Gasteiger partial charge >= 0.3 is 11.9 Å². The van der Waals surface area contributed by atoms with Crippen LogP contribution in [0, 0.1) is 0 Å². The van der Waals surface area contributed by atoms with Crippen molar-refractivity contribution in [2.45, 2.75) is 6.92 Å². The van der Waals surface area contributed by atoms with Crippen molar-refractivity contribution in [3.63, 3.8) is 0 Å². The number of carbonyl (C=O) groups excluding carboxylic acids is 2. The average Bonchev–Trinajstić information content (AvgIpc) is 2.16. The molecule has 5 nitrogen and oxygen atoms in total. The number of ketones is 1. The molecule has 0 radical (unpaired) electrons. The second-order valence-corrected chi connectivity index (χ2v) is 3.33. The first-order valence-corrected chi connectivity index (χ1v) is 4.55. The van der Waals surface area contributed by atoms with Crippen molar-refractivity contribution in [2.75, 3.05) is 0 Å². The molecule has 16 heavy (non-hydrogen) atoms. The van der Waals surface area contributed by atoms with Gasteiger partial charge in [-0.25, -0.2) is 9.59 Å². The van der Waals surface area contributed by atoms with E-state index in [1.807, 2.05) is 0 Å². The van der Waals surface area contributed by atoms with E-state index < -0.39 is 17.7 Å². The van der Waals surface area contributed by atoms with Gasteiger partial charge in [-0.15, -0.1) is 0 Å². The van der Waals surface area contributed by atoms with Crippen molar-refractivity contribution < 1.29 is 24.2 Å². The molecule has 0 atom stereocenters. The summed E-state index contributed by atoms with van der Waals surface area (Å²) in [5, 5.41) is 8.99. The second-order valence-electron chi connectivity index (χ2n) is 2.89. The molecule has 0 saturated heterocycles. The van der Waals surface area contributed by atoms with Crippen molar-refractivity contribution in [1.29, 1.82) is 0 Å². The van der Waals surface area contributed by atoms with E-state index in [0.717, 1.165) is 13.0 Å². The molecule has 0 amide bonds. The van der Waals surface area contributed by atoms with Crippen LogP contribution < -0.4 is 4.74 Å². The Morgan fingerprint density at radius 2 is 1.94 bits per heavy atom. The Bertz CT molecular complexity index is 466. The number of carboxylic acid groups (broad SMARTS) is 1. The summed E-state index contributed by atoms with van der Waals surface area (Å²) in [6.45, 7) is 1.02. The molecule has 0 aliphatic heterocycles. The second kappa shape index (κ2) is 4.76. The summed E-state index contributed by atoms with van der Waals surface area (Å²) in [4.78, 5) is 32.4. The van der Waals surface area contributed by atoms with E-state index >= 15 is 0 Å². The van der Waals surface area contributed by atoms with Gasteiger partial charge in [0.1, 0.15) is 11.3 Å². The van der Waals surface area contributed by atoms with Gasteiger partial charge in [-0.1, -0.05) is 11.6 Å². The molecule has 1 N–H and O–H groups in total. The van der Waals surface area contributed by atoms with Crippen LogP contribution in [0.3, 0.4) is 0 Å². The van der Waals surface area contributed by atoms with Crippen LogP contribution >= 0.6 is 11.6 Å². The number of esters is 1. The largest absolute Gasteiger partial charge is 0.478 e. The van der Waals surface area contributed by atoms with Gasteiger partial charge in [-0.05, 0) is 12.1 Å². The zero-order valence-corrected chi connectivity index (χ0v) is 8.95. The number of hydrogen-bond donors (Lipinski definition) is 1. The lowest BCUT2D eigenvalue weighted by atomic mass is 10.2. The molecule has 0 spiro atoms. The third-order valence-corrected chi connectivity index (χ3v) is 1.90. The number of carboxylic acids is 1. The quantitative estimate of drug-likeness (QED) is 0.494. The fourth-order valence-corrected chi connectivity index (χ4v) is 1.09. The van der Waals surface area contributed by atoms with Crippen molar-refractivity contribution in [1.82, 2.24) is 0 Å². The number of carbonyl (C=O) groups is 3. The Kier molecular flexibility index (Phi) is 3.63. The monoisotopic (exact) mass is 242 g/mol. The Morgan fingerprint density at radius 1 is 1.31 bits per heavy atom. The van der Waals surface area contributed by atoms with Crippen LogP contribution in [0.1, 0.15) is 17.3 Å². The summed E-state index contributed by atoms with van der Waals surface area (Å²) in [7, 11) is 0. The lowest BCUT2D eigenvalue weighted by molar-refractivity contribution is -0.146. The molecule has 0 aliphatic rings. The third kappa shape index (κ3) is 2.80. The van der Waals surface area contributed by atoms with Crippen molar-refractivity contribution >= 4 is 29.3 Å². The molecule has 0 unspecified atom stereocenters. The van der Waals surface area contributed by atoms with Crippen LogP contribution in [0.4, 0.5) is 0 Å². The molecule has 1 aromatic carbocycles. The molecule has 6 heteroatoms. The summed E-state index contributed by atoms with van der Waals surface area (Å²) >= 11 is 5.62. The topological polar surface area (TPSA) is 80.7 Å². The smallest absolute Gasteiger partial charge is 0.379 e. The van der Waals surface area contributed by atoms with E-state index in [9.17, 15) is 14.4 Å². The highest BCUT2D eigenvalue weighted by atomic mass is 35.5. The van der Waals surface area contributed by atoms with Gasteiger partial charge in [0.05, 0.1) is 0 Å². The molecule has 84 valence electrons. The van der Waals surface area contributed by atoms with Gasteiger partial charge in [0.25, 0.3) is 0 Å². The van der Waals surface area contributed by atoms with E-state index in [0.29, 0.717) is 0 Å². The molecule has 0 heterocycles. The van der Waals surface area contributed by atoms with Crippen LogP contribution in [-0.2, 0) is 9.59 Å². The van der Waals surface area contributed by atoms with E-state index in [-0.39, 0.29) is 16.3 Å². The maximum Gasteiger partial charge on any atom is 0.379 e. The molecule has 0 fully saturated rings. The van der Waals surface area contributed by atoms with Crippen LogP contribution in [0.5, 0.6) is 5.75 Å². The Hall–Kier alpha value is -1.88. The summed E-state index contributed by atoms with van der Waals surface area (Å²) in [5.74, 6) is -3.48. The third-order valence-electron chi connectivity index (χ3n) is 1.66. The van der Waals surface area contributed by atoms with Crippen molar-refractivity contribution in [3.05, 3.63) is 28.8 Å². The summed E-state index contributed by atoms with van der Waals surface area (Å²) < 4.78 is 4.60. The highest BCUT2D eigenvalue weighted by molar-refractivity contribution is 6.33. The average molecular weight is 243 g/mol. The molecular formula is C10H7ClO5. The first kappa shape index (κ1) is 12.2. The fraction of sp³-hybridized carbons (Fsp3) is 0.100. The number of rotatable bonds is 3. The lowest BCUT2D eigenvalue weighted by Gasteiger charge is -2.05. The van der Waals surface area contributed by atoms with Crippen LogP contribution in [0.2, 0.25) is 5.02 Å².